The fraction of sp³-hybridized carbons (Fsp3) is 0.138. The first-order valence-electron chi connectivity index (χ1n) is 11.6. The van der Waals surface area contributed by atoms with E-state index in [1.165, 1.54) is 16.8 Å². The Kier molecular flexibility index (Phi) is 6.17. The number of alkyl halides is 1. The summed E-state index contributed by atoms with van der Waals surface area (Å²) in [4.78, 5) is 28.2. The standard InChI is InChI=1S/C29H23ClFN3O3/c1-33-17-32-16-26(33)29(31,20-6-9-22(30)10-7-20)21-8-11-25-24(14-21)23(15-27(35)34(25)2)19-5-3-4-18(12-19)13-28(36)37/h3-12,14-17H,13H2,1-2H3,(H,36,37)/t29-/m1/s1. The van der Waals surface area contributed by atoms with Crippen LogP contribution in [0, 0.1) is 0 Å². The molecule has 1 N–H and O–H groups in total. The van der Waals surface area contributed by atoms with Crippen molar-refractivity contribution in [3.8, 4) is 11.1 Å². The van der Waals surface area contributed by atoms with Crippen molar-refractivity contribution in [2.75, 3.05) is 0 Å². The van der Waals surface area contributed by atoms with Gasteiger partial charge in [-0.15, -0.1) is 0 Å². The first-order valence-corrected chi connectivity index (χ1v) is 11.9. The molecule has 0 unspecified atom stereocenters. The second-order valence-corrected chi connectivity index (χ2v) is 9.45. The molecule has 37 heavy (non-hydrogen) atoms. The van der Waals surface area contributed by atoms with Crippen LogP contribution in [0.15, 0.2) is 90.1 Å². The molecule has 0 spiro atoms. The van der Waals surface area contributed by atoms with Crippen LogP contribution in [0.25, 0.3) is 22.0 Å². The third-order valence-corrected chi connectivity index (χ3v) is 6.90. The number of aromatic nitrogens is 3. The predicted octanol–water partition coefficient (Wildman–Crippen LogP) is 5.48. The van der Waals surface area contributed by atoms with Crippen molar-refractivity contribution in [2.24, 2.45) is 14.1 Å². The fourth-order valence-corrected chi connectivity index (χ4v) is 4.89. The summed E-state index contributed by atoms with van der Waals surface area (Å²) < 4.78 is 20.6. The maximum Gasteiger partial charge on any atom is 0.307 e. The van der Waals surface area contributed by atoms with Gasteiger partial charge in [0.15, 0.2) is 0 Å². The molecule has 0 aliphatic heterocycles. The van der Waals surface area contributed by atoms with Gasteiger partial charge in [0.2, 0.25) is 5.67 Å². The number of fused-ring (bicyclic) bond motifs is 1. The van der Waals surface area contributed by atoms with E-state index in [9.17, 15) is 14.7 Å². The van der Waals surface area contributed by atoms with Gasteiger partial charge in [0.1, 0.15) is 0 Å². The van der Waals surface area contributed by atoms with E-state index in [-0.39, 0.29) is 12.0 Å². The van der Waals surface area contributed by atoms with Crippen molar-refractivity contribution in [3.05, 3.63) is 123 Å². The Bertz CT molecular complexity index is 1710. The maximum absolute atomic E-state index is 17.4. The highest BCUT2D eigenvalue weighted by atomic mass is 35.5. The number of halogens is 2. The zero-order chi connectivity index (χ0) is 26.3. The van der Waals surface area contributed by atoms with E-state index >= 15 is 4.39 Å². The van der Waals surface area contributed by atoms with Gasteiger partial charge in [-0.25, -0.2) is 9.37 Å². The Morgan fingerprint density at radius 3 is 2.43 bits per heavy atom. The highest BCUT2D eigenvalue weighted by Gasteiger charge is 2.39. The highest BCUT2D eigenvalue weighted by molar-refractivity contribution is 6.30. The molecule has 0 saturated carbocycles. The average Bonchev–Trinajstić information content (AvgIpc) is 3.32. The molecule has 6 nitrogen and oxygen atoms in total. The molecular formula is C29H23ClFN3O3. The maximum atomic E-state index is 17.4. The van der Waals surface area contributed by atoms with Crippen LogP contribution in [-0.4, -0.2) is 25.2 Å². The Hall–Kier alpha value is -4.23. The number of rotatable bonds is 6. The molecule has 5 aromatic rings. The largest absolute Gasteiger partial charge is 0.481 e. The molecule has 0 bridgehead atoms. The second-order valence-electron chi connectivity index (χ2n) is 9.01. The molecule has 1 atom stereocenters. The monoisotopic (exact) mass is 515 g/mol. The number of benzene rings is 3. The van der Waals surface area contributed by atoms with E-state index in [2.05, 4.69) is 4.98 Å². The average molecular weight is 516 g/mol. The minimum Gasteiger partial charge on any atom is -0.481 e. The van der Waals surface area contributed by atoms with Gasteiger partial charge in [-0.3, -0.25) is 9.59 Å². The van der Waals surface area contributed by atoms with E-state index in [0.717, 1.165) is 0 Å². The van der Waals surface area contributed by atoms with E-state index in [1.807, 2.05) is 6.07 Å². The van der Waals surface area contributed by atoms with Crippen LogP contribution in [0.5, 0.6) is 0 Å². The van der Waals surface area contributed by atoms with Gasteiger partial charge in [0.05, 0.1) is 30.2 Å². The molecular weight excluding hydrogens is 493 g/mol. The quantitative estimate of drug-likeness (QED) is 0.325. The lowest BCUT2D eigenvalue weighted by Gasteiger charge is -2.28. The molecule has 186 valence electrons. The number of imidazole rings is 1. The van der Waals surface area contributed by atoms with Crippen molar-refractivity contribution >= 4 is 28.5 Å². The number of carbonyl (C=O) groups is 1. The Morgan fingerprint density at radius 2 is 1.76 bits per heavy atom. The topological polar surface area (TPSA) is 77.1 Å². The van der Waals surface area contributed by atoms with Crippen molar-refractivity contribution in [1.82, 2.24) is 14.1 Å². The lowest BCUT2D eigenvalue weighted by atomic mass is 9.84. The van der Waals surface area contributed by atoms with E-state index < -0.39 is 11.6 Å². The van der Waals surface area contributed by atoms with Crippen molar-refractivity contribution in [1.29, 1.82) is 0 Å². The highest BCUT2D eigenvalue weighted by Crippen LogP contribution is 2.42. The van der Waals surface area contributed by atoms with Crippen LogP contribution >= 0.6 is 11.6 Å². The Morgan fingerprint density at radius 1 is 1.03 bits per heavy atom. The van der Waals surface area contributed by atoms with E-state index in [0.29, 0.717) is 49.4 Å². The van der Waals surface area contributed by atoms with Crippen LogP contribution in [0.4, 0.5) is 4.39 Å². The van der Waals surface area contributed by atoms with Crippen LogP contribution in [0.1, 0.15) is 22.4 Å². The molecule has 0 aliphatic rings. The van der Waals surface area contributed by atoms with Gasteiger partial charge in [0, 0.05) is 36.1 Å². The third kappa shape index (κ3) is 4.32. The molecule has 0 saturated heterocycles. The number of pyridine rings is 1. The summed E-state index contributed by atoms with van der Waals surface area (Å²) >= 11 is 6.10. The second kappa shape index (κ2) is 9.33. The number of carboxylic acid groups (broad SMARTS) is 1. The number of carboxylic acids is 1. The third-order valence-electron chi connectivity index (χ3n) is 6.65. The van der Waals surface area contributed by atoms with E-state index in [4.69, 9.17) is 11.6 Å². The fourth-order valence-electron chi connectivity index (χ4n) is 4.77. The van der Waals surface area contributed by atoms with Crippen LogP contribution < -0.4 is 5.56 Å². The molecule has 0 aliphatic carbocycles. The van der Waals surface area contributed by atoms with Crippen LogP contribution in [-0.2, 0) is 31.0 Å². The Balaban J connectivity index is 1.79. The molecule has 0 radical (unpaired) electrons. The van der Waals surface area contributed by atoms with E-state index in [1.54, 1.807) is 85.7 Å². The molecule has 3 aromatic carbocycles. The number of aliphatic carboxylic acids is 1. The summed E-state index contributed by atoms with van der Waals surface area (Å²) in [6.45, 7) is 0. The lowest BCUT2D eigenvalue weighted by Crippen LogP contribution is -2.26. The molecule has 2 heterocycles. The molecule has 0 fully saturated rings. The molecule has 8 heteroatoms. The first-order chi connectivity index (χ1) is 17.7. The van der Waals surface area contributed by atoms with Crippen molar-refractivity contribution < 1.29 is 14.3 Å². The molecule has 2 aromatic heterocycles. The number of nitrogens with zero attached hydrogens (tertiary/aromatic N) is 3. The summed E-state index contributed by atoms with van der Waals surface area (Å²) in [6, 6.07) is 20.3. The van der Waals surface area contributed by atoms with Gasteiger partial charge in [0.25, 0.3) is 5.56 Å². The smallest absolute Gasteiger partial charge is 0.307 e. The van der Waals surface area contributed by atoms with Crippen molar-refractivity contribution in [2.45, 2.75) is 12.1 Å². The predicted molar refractivity (Wildman–Crippen MR) is 142 cm³/mol. The summed E-state index contributed by atoms with van der Waals surface area (Å²) in [5.41, 5.74) is 1.28. The van der Waals surface area contributed by atoms with Crippen LogP contribution in [0.2, 0.25) is 5.02 Å². The normalized spacial score (nSPS) is 13.0. The zero-order valence-corrected chi connectivity index (χ0v) is 20.9. The minimum absolute atomic E-state index is 0.146. The van der Waals surface area contributed by atoms with Gasteiger partial charge in [-0.05, 0) is 46.5 Å². The SMILES string of the molecule is Cn1cncc1[C@@](F)(c1ccc(Cl)cc1)c1ccc2c(c1)c(-c1cccc(CC(=O)O)c1)cc(=O)n2C. The van der Waals surface area contributed by atoms with Gasteiger partial charge in [-0.1, -0.05) is 54.1 Å². The summed E-state index contributed by atoms with van der Waals surface area (Å²) in [6.07, 6.45) is 2.89. The van der Waals surface area contributed by atoms with Gasteiger partial charge >= 0.3 is 5.97 Å². The van der Waals surface area contributed by atoms with Gasteiger partial charge < -0.3 is 14.2 Å². The first kappa shape index (κ1) is 24.5. The summed E-state index contributed by atoms with van der Waals surface area (Å²) in [5.74, 6) is -0.949. The Labute approximate surface area is 217 Å². The molecule has 5 rings (SSSR count). The lowest BCUT2D eigenvalue weighted by molar-refractivity contribution is -0.136. The molecule has 0 amide bonds. The summed E-state index contributed by atoms with van der Waals surface area (Å²) in [5, 5.41) is 10.4. The number of hydrogen-bond donors (Lipinski definition) is 1. The number of hydrogen-bond acceptors (Lipinski definition) is 3. The minimum atomic E-state index is -2.07. The van der Waals surface area contributed by atoms with Gasteiger partial charge in [-0.2, -0.15) is 0 Å². The number of aryl methyl sites for hydroxylation is 2. The zero-order valence-electron chi connectivity index (χ0n) is 20.2. The van der Waals surface area contributed by atoms with Crippen molar-refractivity contribution in [3.63, 3.8) is 0 Å². The van der Waals surface area contributed by atoms with Crippen LogP contribution in [0.3, 0.4) is 0 Å². The summed E-state index contributed by atoms with van der Waals surface area (Å²) in [7, 11) is 3.40.